The van der Waals surface area contributed by atoms with Crippen LogP contribution in [0.1, 0.15) is 33.6 Å². The first kappa shape index (κ1) is 17.1. The second-order valence-electron chi connectivity index (χ2n) is 4.86. The van der Waals surface area contributed by atoms with Crippen LogP contribution >= 0.6 is 0 Å². The molecule has 0 saturated heterocycles. The Morgan fingerprint density at radius 1 is 1.42 bits per heavy atom. The number of carbonyl (C=O) groups is 2. The first-order chi connectivity index (χ1) is 11.3. The highest BCUT2D eigenvalue weighted by Gasteiger charge is 2.30. The van der Waals surface area contributed by atoms with Crippen LogP contribution in [0.2, 0.25) is 0 Å². The molecule has 1 N–H and O–H groups in total. The second kappa shape index (κ2) is 6.48. The molecule has 0 atom stereocenters. The van der Waals surface area contributed by atoms with E-state index in [9.17, 15) is 19.7 Å². The second-order valence-corrected chi connectivity index (χ2v) is 4.86. The first-order valence-electron chi connectivity index (χ1n) is 6.95. The van der Waals surface area contributed by atoms with Crippen molar-refractivity contribution in [2.75, 3.05) is 12.4 Å². The van der Waals surface area contributed by atoms with Crippen molar-refractivity contribution >= 4 is 23.3 Å². The number of methoxy groups -OCH3 is 1. The lowest BCUT2D eigenvalue weighted by molar-refractivity contribution is -0.385. The number of anilines is 1. The summed E-state index contributed by atoms with van der Waals surface area (Å²) in [4.78, 5) is 34.7. The molecular weight excluding hydrogens is 320 g/mol. The zero-order chi connectivity index (χ0) is 18.0. The molecule has 1 amide bonds. The third-order valence-corrected chi connectivity index (χ3v) is 3.30. The van der Waals surface area contributed by atoms with Crippen molar-refractivity contribution in [1.29, 1.82) is 0 Å². The molecule has 2 heterocycles. The van der Waals surface area contributed by atoms with Gasteiger partial charge in [0.1, 0.15) is 5.69 Å². The highest BCUT2D eigenvalue weighted by atomic mass is 16.6. The van der Waals surface area contributed by atoms with Gasteiger partial charge in [-0.1, -0.05) is 0 Å². The fourth-order valence-corrected chi connectivity index (χ4v) is 2.22. The monoisotopic (exact) mass is 336 g/mol. The minimum absolute atomic E-state index is 0.0887. The quantitative estimate of drug-likeness (QED) is 0.487. The fraction of sp³-hybridized carbons (Fsp3) is 0.385. The molecule has 0 aliphatic heterocycles. The van der Waals surface area contributed by atoms with Crippen molar-refractivity contribution in [2.24, 2.45) is 7.05 Å². The fourth-order valence-electron chi connectivity index (χ4n) is 2.22. The number of nitro groups is 1. The van der Waals surface area contributed by atoms with Crippen molar-refractivity contribution in [3.63, 3.8) is 0 Å². The van der Waals surface area contributed by atoms with Crippen LogP contribution in [-0.2, 0) is 18.3 Å². The molecule has 0 radical (unpaired) electrons. The number of aryl methyl sites for hydroxylation is 3. The van der Waals surface area contributed by atoms with Crippen LogP contribution in [0, 0.1) is 17.0 Å². The number of hydrogen-bond donors (Lipinski definition) is 1. The van der Waals surface area contributed by atoms with Gasteiger partial charge in [-0.2, -0.15) is 10.2 Å². The molecule has 11 nitrogen and oxygen atoms in total. The van der Waals surface area contributed by atoms with Gasteiger partial charge in [-0.25, -0.2) is 4.79 Å². The molecule has 0 bridgehead atoms. The van der Waals surface area contributed by atoms with Crippen LogP contribution in [0.3, 0.4) is 0 Å². The minimum Gasteiger partial charge on any atom is -0.464 e. The summed E-state index contributed by atoms with van der Waals surface area (Å²) in [6.45, 7) is 3.70. The zero-order valence-electron chi connectivity index (χ0n) is 13.6. The van der Waals surface area contributed by atoms with Crippen LogP contribution in [-0.4, -0.2) is 43.5 Å². The van der Waals surface area contributed by atoms with Crippen molar-refractivity contribution < 1.29 is 19.2 Å². The van der Waals surface area contributed by atoms with Gasteiger partial charge in [0.05, 0.1) is 17.7 Å². The molecule has 0 aliphatic carbocycles. The summed E-state index contributed by atoms with van der Waals surface area (Å²) in [5.74, 6) is -1.50. The summed E-state index contributed by atoms with van der Waals surface area (Å²) in [6, 6.07) is 0. The average Bonchev–Trinajstić information content (AvgIpc) is 3.06. The van der Waals surface area contributed by atoms with Gasteiger partial charge in [0.15, 0.2) is 5.69 Å². The average molecular weight is 336 g/mol. The van der Waals surface area contributed by atoms with Crippen molar-refractivity contribution in [3.05, 3.63) is 33.4 Å². The first-order valence-corrected chi connectivity index (χ1v) is 6.95. The molecule has 0 spiro atoms. The Morgan fingerprint density at radius 3 is 2.62 bits per heavy atom. The standard InChI is InChI=1S/C13H16N6O5/c1-5-18-6-8(9(16-18)13(21)24-4)14-12(20)11-10(19(22)23)7(2)15-17(11)3/h6H,5H2,1-4H3,(H,14,20). The van der Waals surface area contributed by atoms with E-state index in [-0.39, 0.29) is 22.8 Å². The van der Waals surface area contributed by atoms with Gasteiger partial charge >= 0.3 is 11.7 Å². The molecule has 0 saturated carbocycles. The Kier molecular flexibility index (Phi) is 4.62. The van der Waals surface area contributed by atoms with Crippen LogP contribution in [0.5, 0.6) is 0 Å². The van der Waals surface area contributed by atoms with Crippen molar-refractivity contribution in [2.45, 2.75) is 20.4 Å². The lowest BCUT2D eigenvalue weighted by Crippen LogP contribution is -2.19. The number of nitrogens with zero attached hydrogens (tertiary/aromatic N) is 5. The molecule has 2 aromatic rings. The van der Waals surface area contributed by atoms with E-state index in [0.29, 0.717) is 6.54 Å². The van der Waals surface area contributed by atoms with E-state index in [2.05, 4.69) is 20.3 Å². The van der Waals surface area contributed by atoms with Gasteiger partial charge in [-0.3, -0.25) is 24.3 Å². The van der Waals surface area contributed by atoms with E-state index in [1.807, 2.05) is 0 Å². The summed E-state index contributed by atoms with van der Waals surface area (Å²) in [5.41, 5.74) is -0.490. The summed E-state index contributed by atoms with van der Waals surface area (Å²) in [6.07, 6.45) is 1.44. The molecule has 128 valence electrons. The van der Waals surface area contributed by atoms with Crippen LogP contribution in [0.25, 0.3) is 0 Å². The van der Waals surface area contributed by atoms with Gasteiger partial charge in [-0.15, -0.1) is 0 Å². The Balaban J connectivity index is 2.43. The van der Waals surface area contributed by atoms with Crippen LogP contribution < -0.4 is 5.32 Å². The number of esters is 1. The Hall–Kier alpha value is -3.24. The maximum absolute atomic E-state index is 12.5. The number of carbonyl (C=O) groups excluding carboxylic acids is 2. The summed E-state index contributed by atoms with van der Waals surface area (Å²) < 4.78 is 7.17. The Morgan fingerprint density at radius 2 is 2.08 bits per heavy atom. The summed E-state index contributed by atoms with van der Waals surface area (Å²) in [5, 5.41) is 21.5. The van der Waals surface area contributed by atoms with E-state index in [0.717, 1.165) is 4.68 Å². The number of nitrogens with one attached hydrogen (secondary N) is 1. The van der Waals surface area contributed by atoms with Gasteiger partial charge < -0.3 is 10.1 Å². The number of hydrogen-bond acceptors (Lipinski definition) is 7. The SMILES string of the molecule is CCn1cc(NC(=O)c2c([N+](=O)[O-])c(C)nn2C)c(C(=O)OC)n1. The maximum atomic E-state index is 12.5. The number of ether oxygens (including phenoxy) is 1. The Bertz CT molecular complexity index is 821. The highest BCUT2D eigenvalue weighted by molar-refractivity contribution is 6.08. The lowest BCUT2D eigenvalue weighted by atomic mass is 10.2. The summed E-state index contributed by atoms with van der Waals surface area (Å²) >= 11 is 0. The molecule has 2 aromatic heterocycles. The van der Waals surface area contributed by atoms with Crippen LogP contribution in [0.4, 0.5) is 11.4 Å². The number of aromatic nitrogens is 4. The third-order valence-electron chi connectivity index (χ3n) is 3.30. The van der Waals surface area contributed by atoms with Gasteiger partial charge in [0.2, 0.25) is 5.69 Å². The predicted octanol–water partition coefficient (Wildman–Crippen LogP) is 0.892. The molecule has 24 heavy (non-hydrogen) atoms. The molecule has 2 rings (SSSR count). The van der Waals surface area contributed by atoms with E-state index in [1.54, 1.807) is 6.92 Å². The summed E-state index contributed by atoms with van der Waals surface area (Å²) in [7, 11) is 2.61. The van der Waals surface area contributed by atoms with E-state index in [1.165, 1.54) is 32.0 Å². The smallest absolute Gasteiger partial charge is 0.360 e. The van der Waals surface area contributed by atoms with E-state index in [4.69, 9.17) is 0 Å². The van der Waals surface area contributed by atoms with Crippen molar-refractivity contribution in [3.8, 4) is 0 Å². The van der Waals surface area contributed by atoms with Gasteiger partial charge in [-0.05, 0) is 13.8 Å². The van der Waals surface area contributed by atoms with Gasteiger partial charge in [0, 0.05) is 19.8 Å². The zero-order valence-corrected chi connectivity index (χ0v) is 13.6. The molecule has 0 fully saturated rings. The van der Waals surface area contributed by atoms with Crippen LogP contribution in [0.15, 0.2) is 6.20 Å². The number of amides is 1. The van der Waals surface area contributed by atoms with E-state index < -0.39 is 22.5 Å². The van der Waals surface area contributed by atoms with Gasteiger partial charge in [0.25, 0.3) is 5.91 Å². The highest BCUT2D eigenvalue weighted by Crippen LogP contribution is 2.24. The lowest BCUT2D eigenvalue weighted by Gasteiger charge is -2.04. The molecule has 0 aromatic carbocycles. The Labute approximate surface area is 136 Å². The topological polar surface area (TPSA) is 134 Å². The largest absolute Gasteiger partial charge is 0.464 e. The molecule has 0 aliphatic rings. The van der Waals surface area contributed by atoms with E-state index >= 15 is 0 Å². The number of rotatable bonds is 5. The normalized spacial score (nSPS) is 10.5. The molecule has 0 unspecified atom stereocenters. The predicted molar refractivity (Wildman–Crippen MR) is 81.8 cm³/mol. The molecular formula is C13H16N6O5. The maximum Gasteiger partial charge on any atom is 0.360 e. The van der Waals surface area contributed by atoms with Crippen molar-refractivity contribution in [1.82, 2.24) is 19.6 Å². The third kappa shape index (κ3) is 2.95. The molecule has 11 heteroatoms. The minimum atomic E-state index is -0.773.